The molecule has 1 aliphatic rings. The number of halogens is 3. The highest BCUT2D eigenvalue weighted by atomic mass is 28.4. The Morgan fingerprint density at radius 2 is 1.67 bits per heavy atom. The van der Waals surface area contributed by atoms with E-state index < -0.39 is 20.4 Å². The summed E-state index contributed by atoms with van der Waals surface area (Å²) in [5.41, 5.74) is 0. The molecular weight excluding hydrogens is 377 g/mol. The Morgan fingerprint density at radius 3 is 2.11 bits per heavy atom. The van der Waals surface area contributed by atoms with E-state index in [1.54, 1.807) is 0 Å². The summed E-state index contributed by atoms with van der Waals surface area (Å²) in [7, 11) is -1.81. The van der Waals surface area contributed by atoms with Gasteiger partial charge >= 0.3 is 12.1 Å². The van der Waals surface area contributed by atoms with Crippen molar-refractivity contribution >= 4 is 14.2 Å². The lowest BCUT2D eigenvalue weighted by Crippen LogP contribution is -2.52. The Labute approximate surface area is 162 Å². The topological polar surface area (TPSA) is 42.0 Å². The van der Waals surface area contributed by atoms with Crippen molar-refractivity contribution in [2.75, 3.05) is 45.9 Å². The molecule has 9 heteroatoms. The first kappa shape index (κ1) is 24.4. The van der Waals surface area contributed by atoms with Crippen LogP contribution in [-0.2, 0) is 14.0 Å². The standard InChI is InChI=1S/C18H35F3N2O3Si/c1-7-15(14-26-27(5,6)17(2,3)4)25-13-12-22-8-10-23(11-9-22)16(24)18(19,20)21/h15H,7-14H2,1-6H3/t15-/m1/s1. The molecule has 1 fully saturated rings. The quantitative estimate of drug-likeness (QED) is 0.572. The van der Waals surface area contributed by atoms with Gasteiger partial charge in [0.15, 0.2) is 8.32 Å². The van der Waals surface area contributed by atoms with Crippen LogP contribution in [0, 0.1) is 0 Å². The first-order valence-corrected chi connectivity index (χ1v) is 12.5. The maximum absolute atomic E-state index is 12.5. The molecule has 1 saturated heterocycles. The first-order chi connectivity index (χ1) is 12.3. The van der Waals surface area contributed by atoms with E-state index in [0.29, 0.717) is 32.8 Å². The molecule has 0 bridgehead atoms. The molecule has 1 atom stereocenters. The molecule has 1 heterocycles. The number of hydrogen-bond donors (Lipinski definition) is 0. The van der Waals surface area contributed by atoms with Gasteiger partial charge < -0.3 is 14.1 Å². The van der Waals surface area contributed by atoms with Crippen molar-refractivity contribution < 1.29 is 27.1 Å². The second-order valence-electron chi connectivity index (χ2n) is 8.60. The lowest BCUT2D eigenvalue weighted by atomic mass is 10.2. The van der Waals surface area contributed by atoms with Crippen LogP contribution >= 0.6 is 0 Å². The number of nitrogens with zero attached hydrogens (tertiary/aromatic N) is 2. The lowest BCUT2D eigenvalue weighted by Gasteiger charge is -2.37. The molecular formula is C18H35F3N2O3Si. The number of alkyl halides is 3. The smallest absolute Gasteiger partial charge is 0.414 e. The molecule has 0 radical (unpaired) electrons. The molecule has 0 aromatic heterocycles. The normalized spacial score (nSPS) is 18.6. The highest BCUT2D eigenvalue weighted by Crippen LogP contribution is 2.36. The summed E-state index contributed by atoms with van der Waals surface area (Å²) in [6, 6.07) is 0. The molecule has 1 aliphatic heterocycles. The van der Waals surface area contributed by atoms with Gasteiger partial charge in [-0.2, -0.15) is 13.2 Å². The largest absolute Gasteiger partial charge is 0.471 e. The summed E-state index contributed by atoms with van der Waals surface area (Å²) in [5, 5.41) is 0.152. The van der Waals surface area contributed by atoms with Crippen LogP contribution in [0.5, 0.6) is 0 Å². The minimum atomic E-state index is -4.79. The minimum absolute atomic E-state index is 0.0206. The third-order valence-corrected chi connectivity index (χ3v) is 10.1. The monoisotopic (exact) mass is 412 g/mol. The zero-order chi connectivity index (χ0) is 20.9. The Hall–Kier alpha value is -0.643. The molecule has 27 heavy (non-hydrogen) atoms. The number of carbonyl (C=O) groups is 1. The number of piperazine rings is 1. The summed E-state index contributed by atoms with van der Waals surface area (Å²) in [4.78, 5) is 14.1. The van der Waals surface area contributed by atoms with Gasteiger partial charge in [0.25, 0.3) is 0 Å². The third-order valence-electron chi connectivity index (χ3n) is 5.55. The average Bonchev–Trinajstić information content (AvgIpc) is 2.56. The van der Waals surface area contributed by atoms with E-state index in [9.17, 15) is 18.0 Å². The number of amides is 1. The van der Waals surface area contributed by atoms with Gasteiger partial charge in [-0.25, -0.2) is 0 Å². The molecule has 5 nitrogen and oxygen atoms in total. The van der Waals surface area contributed by atoms with Gasteiger partial charge in [-0.05, 0) is 24.6 Å². The predicted octanol–water partition coefficient (Wildman–Crippen LogP) is 3.51. The summed E-state index contributed by atoms with van der Waals surface area (Å²) >= 11 is 0. The maximum Gasteiger partial charge on any atom is 0.471 e. The van der Waals surface area contributed by atoms with Crippen LogP contribution in [0.1, 0.15) is 34.1 Å². The van der Waals surface area contributed by atoms with E-state index in [2.05, 4.69) is 40.8 Å². The van der Waals surface area contributed by atoms with Gasteiger partial charge in [-0.3, -0.25) is 9.69 Å². The molecule has 160 valence electrons. The predicted molar refractivity (Wildman–Crippen MR) is 102 cm³/mol. The number of rotatable bonds is 8. The number of carbonyl (C=O) groups excluding carboxylic acids is 1. The molecule has 1 amide bonds. The van der Waals surface area contributed by atoms with Crippen molar-refractivity contribution in [1.29, 1.82) is 0 Å². The average molecular weight is 413 g/mol. The third kappa shape index (κ3) is 7.71. The van der Waals surface area contributed by atoms with E-state index >= 15 is 0 Å². The van der Waals surface area contributed by atoms with E-state index in [1.165, 1.54) is 0 Å². The van der Waals surface area contributed by atoms with Gasteiger partial charge in [0.1, 0.15) is 0 Å². The van der Waals surface area contributed by atoms with Crippen LogP contribution in [-0.4, -0.2) is 82.2 Å². The Balaban J connectivity index is 2.31. The van der Waals surface area contributed by atoms with E-state index in [4.69, 9.17) is 9.16 Å². The molecule has 0 aromatic rings. The van der Waals surface area contributed by atoms with Crippen molar-refractivity contribution in [1.82, 2.24) is 9.80 Å². The molecule has 0 aliphatic carbocycles. The van der Waals surface area contributed by atoms with Crippen LogP contribution in [0.2, 0.25) is 18.1 Å². The second kappa shape index (κ2) is 9.71. The molecule has 0 spiro atoms. The van der Waals surface area contributed by atoms with Crippen molar-refractivity contribution in [2.24, 2.45) is 0 Å². The lowest BCUT2D eigenvalue weighted by molar-refractivity contribution is -0.187. The fourth-order valence-electron chi connectivity index (χ4n) is 2.50. The van der Waals surface area contributed by atoms with Crippen LogP contribution < -0.4 is 0 Å². The molecule has 0 unspecified atom stereocenters. The first-order valence-electron chi connectivity index (χ1n) is 9.62. The van der Waals surface area contributed by atoms with Crippen LogP contribution in [0.15, 0.2) is 0 Å². The van der Waals surface area contributed by atoms with Crippen molar-refractivity contribution in [3.63, 3.8) is 0 Å². The fourth-order valence-corrected chi connectivity index (χ4v) is 3.54. The van der Waals surface area contributed by atoms with Gasteiger partial charge in [0.05, 0.1) is 19.3 Å². The van der Waals surface area contributed by atoms with Crippen molar-refractivity contribution in [3.8, 4) is 0 Å². The summed E-state index contributed by atoms with van der Waals surface area (Å²) in [6.45, 7) is 15.9. The highest BCUT2D eigenvalue weighted by Gasteiger charge is 2.43. The SMILES string of the molecule is CC[C@H](CO[Si](C)(C)C(C)(C)C)OCCN1CCN(C(=O)C(F)(F)F)CC1. The fraction of sp³-hybridized carbons (Fsp3) is 0.944. The number of ether oxygens (including phenoxy) is 1. The summed E-state index contributed by atoms with van der Waals surface area (Å²) < 4.78 is 49.5. The molecule has 1 rings (SSSR count). The second-order valence-corrected chi connectivity index (χ2v) is 13.4. The van der Waals surface area contributed by atoms with E-state index in [-0.39, 0.29) is 24.2 Å². The zero-order valence-electron chi connectivity index (χ0n) is 17.5. The van der Waals surface area contributed by atoms with Gasteiger partial charge in [0, 0.05) is 32.7 Å². The van der Waals surface area contributed by atoms with Crippen molar-refractivity contribution in [3.05, 3.63) is 0 Å². The van der Waals surface area contributed by atoms with Crippen molar-refractivity contribution in [2.45, 2.75) is 64.5 Å². The van der Waals surface area contributed by atoms with Gasteiger partial charge in [-0.15, -0.1) is 0 Å². The number of hydrogen-bond acceptors (Lipinski definition) is 4. The van der Waals surface area contributed by atoms with Gasteiger partial charge in [-0.1, -0.05) is 27.7 Å². The Morgan fingerprint density at radius 1 is 1.11 bits per heavy atom. The zero-order valence-corrected chi connectivity index (χ0v) is 18.5. The molecule has 0 saturated carbocycles. The molecule has 0 N–H and O–H groups in total. The molecule has 0 aromatic carbocycles. The Bertz CT molecular complexity index is 473. The van der Waals surface area contributed by atoms with Crippen LogP contribution in [0.25, 0.3) is 0 Å². The Kier molecular flexibility index (Phi) is 8.77. The van der Waals surface area contributed by atoms with Gasteiger partial charge in [0.2, 0.25) is 0 Å². The summed E-state index contributed by atoms with van der Waals surface area (Å²) in [5.74, 6) is -1.74. The summed E-state index contributed by atoms with van der Waals surface area (Å²) in [6.07, 6.45) is -3.92. The minimum Gasteiger partial charge on any atom is -0.414 e. The van der Waals surface area contributed by atoms with E-state index in [0.717, 1.165) is 11.3 Å². The maximum atomic E-state index is 12.5. The van der Waals surface area contributed by atoms with Crippen LogP contribution in [0.4, 0.5) is 13.2 Å². The highest BCUT2D eigenvalue weighted by molar-refractivity contribution is 6.74. The van der Waals surface area contributed by atoms with Crippen LogP contribution in [0.3, 0.4) is 0 Å². The van der Waals surface area contributed by atoms with E-state index in [1.807, 2.05) is 4.90 Å².